The Bertz CT molecular complexity index is 827. The number of carbonyl (C=O) groups is 1. The van der Waals surface area contributed by atoms with Gasteiger partial charge in [-0.1, -0.05) is 43.2 Å². The van der Waals surface area contributed by atoms with E-state index in [-0.39, 0.29) is 17.4 Å². The molecule has 2 N–H and O–H groups in total. The third-order valence-electron chi connectivity index (χ3n) is 5.31. The topological polar surface area (TPSA) is 78.1 Å². The van der Waals surface area contributed by atoms with E-state index in [1.165, 1.54) is 18.9 Å². The van der Waals surface area contributed by atoms with Crippen LogP contribution in [0.15, 0.2) is 41.2 Å². The van der Waals surface area contributed by atoms with E-state index in [2.05, 4.69) is 15.3 Å². The van der Waals surface area contributed by atoms with Crippen molar-refractivity contribution in [1.29, 1.82) is 0 Å². The van der Waals surface area contributed by atoms with Gasteiger partial charge in [0.05, 0.1) is 5.69 Å². The zero-order chi connectivity index (χ0) is 17.9. The van der Waals surface area contributed by atoms with Gasteiger partial charge in [0.2, 0.25) is 11.9 Å². The third kappa shape index (κ3) is 3.79. The Labute approximate surface area is 152 Å². The van der Waals surface area contributed by atoms with E-state index in [1.807, 2.05) is 35.2 Å². The number of likely N-dealkylation sites (tertiary alicyclic amines) is 1. The highest BCUT2D eigenvalue weighted by Gasteiger charge is 2.32. The minimum Gasteiger partial charge on any atom is -0.353 e. The van der Waals surface area contributed by atoms with Crippen LogP contribution >= 0.6 is 0 Å². The van der Waals surface area contributed by atoms with Gasteiger partial charge in [0.25, 0.3) is 5.56 Å². The van der Waals surface area contributed by atoms with Crippen LogP contribution in [0.25, 0.3) is 0 Å². The average Bonchev–Trinajstić information content (AvgIpc) is 3.26. The summed E-state index contributed by atoms with van der Waals surface area (Å²) < 4.78 is 0. The molecule has 0 spiro atoms. The molecule has 0 bridgehead atoms. The van der Waals surface area contributed by atoms with Crippen molar-refractivity contribution in [2.45, 2.75) is 50.6 Å². The molecule has 4 rings (SSSR count). The Kier molecular flexibility index (Phi) is 4.73. The van der Waals surface area contributed by atoms with Crippen LogP contribution in [0, 0.1) is 0 Å². The molecule has 2 heterocycles. The van der Waals surface area contributed by atoms with Gasteiger partial charge in [-0.25, -0.2) is 4.98 Å². The van der Waals surface area contributed by atoms with Gasteiger partial charge in [-0.05, 0) is 18.4 Å². The SMILES string of the molecule is O=C1C[C@@H](c2cc(=O)[nH]c(NC3CCCC3)n2)CN1Cc1ccccc1. The number of carbonyl (C=O) groups excluding carboxylic acids is 1. The molecule has 2 aliphatic rings. The van der Waals surface area contributed by atoms with Gasteiger partial charge >= 0.3 is 0 Å². The van der Waals surface area contributed by atoms with E-state index in [0.717, 1.165) is 18.4 Å². The van der Waals surface area contributed by atoms with Crippen LogP contribution in [0.3, 0.4) is 0 Å². The normalized spacial score (nSPS) is 20.7. The van der Waals surface area contributed by atoms with Crippen LogP contribution in [0.5, 0.6) is 0 Å². The van der Waals surface area contributed by atoms with Gasteiger partial charge in [0, 0.05) is 37.5 Å². The van der Waals surface area contributed by atoms with E-state index in [9.17, 15) is 9.59 Å². The lowest BCUT2D eigenvalue weighted by Crippen LogP contribution is -2.25. The highest BCUT2D eigenvalue weighted by molar-refractivity contribution is 5.79. The molecule has 1 aliphatic carbocycles. The summed E-state index contributed by atoms with van der Waals surface area (Å²) in [6.07, 6.45) is 5.06. The van der Waals surface area contributed by atoms with Crippen molar-refractivity contribution < 1.29 is 4.79 Å². The number of anilines is 1. The number of nitrogens with one attached hydrogen (secondary N) is 2. The number of rotatable bonds is 5. The Hall–Kier alpha value is -2.63. The van der Waals surface area contributed by atoms with Gasteiger partial charge in [-0.2, -0.15) is 0 Å². The number of hydrogen-bond donors (Lipinski definition) is 2. The lowest BCUT2D eigenvalue weighted by molar-refractivity contribution is -0.128. The largest absolute Gasteiger partial charge is 0.353 e. The minimum atomic E-state index is -0.163. The van der Waals surface area contributed by atoms with E-state index >= 15 is 0 Å². The molecular formula is C20H24N4O2. The fourth-order valence-corrected chi connectivity index (χ4v) is 3.94. The molecule has 1 aliphatic heterocycles. The second kappa shape index (κ2) is 7.32. The molecule has 0 unspecified atom stereocenters. The molecule has 6 heteroatoms. The first kappa shape index (κ1) is 16.8. The number of aromatic nitrogens is 2. The van der Waals surface area contributed by atoms with Gasteiger partial charge in [-0.15, -0.1) is 0 Å². The van der Waals surface area contributed by atoms with Crippen molar-refractivity contribution in [2.75, 3.05) is 11.9 Å². The molecule has 2 fully saturated rings. The second-order valence-corrected chi connectivity index (χ2v) is 7.31. The number of hydrogen-bond acceptors (Lipinski definition) is 4. The average molecular weight is 352 g/mol. The Morgan fingerprint density at radius 1 is 1.15 bits per heavy atom. The van der Waals surface area contributed by atoms with Crippen molar-refractivity contribution in [3.63, 3.8) is 0 Å². The van der Waals surface area contributed by atoms with E-state index < -0.39 is 0 Å². The summed E-state index contributed by atoms with van der Waals surface area (Å²) in [6, 6.07) is 11.9. The summed E-state index contributed by atoms with van der Waals surface area (Å²) in [6.45, 7) is 1.21. The van der Waals surface area contributed by atoms with Crippen molar-refractivity contribution >= 4 is 11.9 Å². The van der Waals surface area contributed by atoms with Crippen LogP contribution in [0.2, 0.25) is 0 Å². The van der Waals surface area contributed by atoms with Crippen molar-refractivity contribution in [2.24, 2.45) is 0 Å². The molecule has 1 aromatic heterocycles. The number of benzene rings is 1. The number of amides is 1. The van der Waals surface area contributed by atoms with Gasteiger partial charge in [0.1, 0.15) is 0 Å². The number of nitrogens with zero attached hydrogens (tertiary/aromatic N) is 2. The zero-order valence-electron chi connectivity index (χ0n) is 14.8. The van der Waals surface area contributed by atoms with Crippen LogP contribution in [0.1, 0.15) is 49.3 Å². The molecule has 26 heavy (non-hydrogen) atoms. The summed E-state index contributed by atoms with van der Waals surface area (Å²) in [5, 5.41) is 3.34. The summed E-state index contributed by atoms with van der Waals surface area (Å²) >= 11 is 0. The Morgan fingerprint density at radius 2 is 1.92 bits per heavy atom. The predicted octanol–water partition coefficient (Wildman–Crippen LogP) is 2.64. The maximum Gasteiger partial charge on any atom is 0.252 e. The van der Waals surface area contributed by atoms with Gasteiger partial charge in [-0.3, -0.25) is 14.6 Å². The highest BCUT2D eigenvalue weighted by atomic mass is 16.2. The molecule has 6 nitrogen and oxygen atoms in total. The standard InChI is InChI=1S/C20H24N4O2/c25-18-11-17(22-20(23-18)21-16-8-4-5-9-16)15-10-19(26)24(13-15)12-14-6-2-1-3-7-14/h1-3,6-7,11,15-16H,4-5,8-10,12-13H2,(H2,21,22,23,25)/t15-/m1/s1. The smallest absolute Gasteiger partial charge is 0.252 e. The third-order valence-corrected chi connectivity index (χ3v) is 5.31. The lowest BCUT2D eigenvalue weighted by atomic mass is 10.0. The van der Waals surface area contributed by atoms with E-state index in [1.54, 1.807) is 0 Å². The molecule has 1 saturated carbocycles. The zero-order valence-corrected chi connectivity index (χ0v) is 14.8. The molecule has 0 radical (unpaired) electrons. The number of aromatic amines is 1. The van der Waals surface area contributed by atoms with E-state index in [0.29, 0.717) is 37.2 Å². The molecule has 1 saturated heterocycles. The molecule has 1 amide bonds. The van der Waals surface area contributed by atoms with Crippen LogP contribution in [-0.4, -0.2) is 33.4 Å². The molecular weight excluding hydrogens is 328 g/mol. The van der Waals surface area contributed by atoms with Gasteiger partial charge in [0.15, 0.2) is 0 Å². The quantitative estimate of drug-likeness (QED) is 0.867. The molecule has 2 aromatic rings. The maximum absolute atomic E-state index is 12.4. The van der Waals surface area contributed by atoms with Crippen molar-refractivity contribution in [3.8, 4) is 0 Å². The first-order chi connectivity index (χ1) is 12.7. The minimum absolute atomic E-state index is 0.0300. The van der Waals surface area contributed by atoms with Crippen LogP contribution < -0.4 is 10.9 Å². The Balaban J connectivity index is 1.48. The molecule has 1 atom stereocenters. The second-order valence-electron chi connectivity index (χ2n) is 7.31. The van der Waals surface area contributed by atoms with E-state index in [4.69, 9.17) is 0 Å². The summed E-state index contributed by atoms with van der Waals surface area (Å²) in [5.41, 5.74) is 1.66. The predicted molar refractivity (Wildman–Crippen MR) is 100.0 cm³/mol. The maximum atomic E-state index is 12.4. The monoisotopic (exact) mass is 352 g/mol. The lowest BCUT2D eigenvalue weighted by Gasteiger charge is -2.17. The fourth-order valence-electron chi connectivity index (χ4n) is 3.94. The fraction of sp³-hybridized carbons (Fsp3) is 0.450. The highest BCUT2D eigenvalue weighted by Crippen LogP contribution is 2.28. The van der Waals surface area contributed by atoms with Crippen LogP contribution in [-0.2, 0) is 11.3 Å². The first-order valence-corrected chi connectivity index (χ1v) is 9.37. The summed E-state index contributed by atoms with van der Waals surface area (Å²) in [5.74, 6) is 0.622. The van der Waals surface area contributed by atoms with Crippen molar-refractivity contribution in [1.82, 2.24) is 14.9 Å². The van der Waals surface area contributed by atoms with Crippen LogP contribution in [0.4, 0.5) is 5.95 Å². The van der Waals surface area contributed by atoms with Gasteiger partial charge < -0.3 is 10.2 Å². The molecule has 1 aromatic carbocycles. The molecule has 136 valence electrons. The van der Waals surface area contributed by atoms with Crippen molar-refractivity contribution in [3.05, 3.63) is 58.0 Å². The summed E-state index contributed by atoms with van der Waals surface area (Å²) in [4.78, 5) is 33.7. The number of H-pyrrole nitrogens is 1. The Morgan fingerprint density at radius 3 is 2.69 bits per heavy atom. The first-order valence-electron chi connectivity index (χ1n) is 9.37. The summed E-state index contributed by atoms with van der Waals surface area (Å²) in [7, 11) is 0.